The van der Waals surface area contributed by atoms with Crippen molar-refractivity contribution in [3.8, 4) is 0 Å². The van der Waals surface area contributed by atoms with Crippen LogP contribution >= 0.6 is 0 Å². The fourth-order valence-electron chi connectivity index (χ4n) is 0.682. The summed E-state index contributed by atoms with van der Waals surface area (Å²) in [6.45, 7) is 0. The van der Waals surface area contributed by atoms with Gasteiger partial charge in [-0.05, 0) is 24.3 Å². The molecule has 0 fully saturated rings. The van der Waals surface area contributed by atoms with Crippen LogP contribution in [-0.4, -0.2) is 19.1 Å². The second-order valence-electron chi connectivity index (χ2n) is 2.63. The molecule has 0 aliphatic heterocycles. The average Bonchev–Trinajstić information content (AvgIpc) is 2.03. The van der Waals surface area contributed by atoms with Crippen LogP contribution in [0, 0.1) is 0 Å². The summed E-state index contributed by atoms with van der Waals surface area (Å²) in [5.41, 5.74) is 7.04. The highest BCUT2D eigenvalue weighted by molar-refractivity contribution is 5.47. The normalized spacial score (nSPS) is 10.5. The first-order valence-corrected chi connectivity index (χ1v) is 3.63. The molecule has 0 heterocycles. The standard InChI is InChI=1S/C8H12N4/c1-12(2)11-10-8-5-3-7(9)4-6-8/h3-6H,9H2,1-2H3. The summed E-state index contributed by atoms with van der Waals surface area (Å²) >= 11 is 0. The molecule has 12 heavy (non-hydrogen) atoms. The molecular weight excluding hydrogens is 152 g/mol. The minimum Gasteiger partial charge on any atom is -0.399 e. The van der Waals surface area contributed by atoms with Crippen LogP contribution in [-0.2, 0) is 0 Å². The lowest BCUT2D eigenvalue weighted by Gasteiger charge is -2.00. The Balaban J connectivity index is 2.71. The molecule has 4 heteroatoms. The number of nitrogens with two attached hydrogens (primary N) is 1. The minimum atomic E-state index is 0.735. The van der Waals surface area contributed by atoms with Crippen molar-refractivity contribution < 1.29 is 0 Å². The Hall–Kier alpha value is -1.58. The van der Waals surface area contributed by atoms with E-state index in [1.165, 1.54) is 0 Å². The molecule has 1 aromatic rings. The van der Waals surface area contributed by atoms with Gasteiger partial charge in [0.15, 0.2) is 0 Å². The molecule has 1 aromatic carbocycles. The first-order chi connectivity index (χ1) is 5.68. The Morgan fingerprint density at radius 3 is 2.25 bits per heavy atom. The molecule has 0 aliphatic carbocycles. The molecule has 2 N–H and O–H groups in total. The van der Waals surface area contributed by atoms with Gasteiger partial charge in [0.1, 0.15) is 0 Å². The van der Waals surface area contributed by atoms with E-state index in [-0.39, 0.29) is 0 Å². The van der Waals surface area contributed by atoms with E-state index in [0.717, 1.165) is 11.4 Å². The highest BCUT2D eigenvalue weighted by Gasteiger charge is 1.87. The number of anilines is 1. The third kappa shape index (κ3) is 2.57. The summed E-state index contributed by atoms with van der Waals surface area (Å²) in [4.78, 5) is 0. The number of hydrogen-bond acceptors (Lipinski definition) is 3. The quantitative estimate of drug-likeness (QED) is 0.412. The molecule has 0 radical (unpaired) electrons. The van der Waals surface area contributed by atoms with Gasteiger partial charge in [0.2, 0.25) is 0 Å². The molecule has 0 spiro atoms. The van der Waals surface area contributed by atoms with Crippen LogP contribution in [0.25, 0.3) is 0 Å². The van der Waals surface area contributed by atoms with Gasteiger partial charge in [-0.25, -0.2) is 0 Å². The van der Waals surface area contributed by atoms with Crippen LogP contribution in [0.15, 0.2) is 34.6 Å². The van der Waals surface area contributed by atoms with E-state index in [2.05, 4.69) is 10.3 Å². The molecule has 0 aromatic heterocycles. The summed E-state index contributed by atoms with van der Waals surface area (Å²) in [5.74, 6) is 0. The van der Waals surface area contributed by atoms with Crippen LogP contribution in [0.2, 0.25) is 0 Å². The number of nitrogens with zero attached hydrogens (tertiary/aromatic N) is 3. The van der Waals surface area contributed by atoms with Gasteiger partial charge in [0.05, 0.1) is 5.69 Å². The van der Waals surface area contributed by atoms with Crippen LogP contribution in [0.5, 0.6) is 0 Å². The van der Waals surface area contributed by atoms with E-state index in [9.17, 15) is 0 Å². The molecule has 0 aliphatic rings. The summed E-state index contributed by atoms with van der Waals surface area (Å²) in [6, 6.07) is 7.23. The van der Waals surface area contributed by atoms with E-state index in [1.54, 1.807) is 17.1 Å². The van der Waals surface area contributed by atoms with E-state index in [4.69, 9.17) is 5.73 Å². The van der Waals surface area contributed by atoms with E-state index in [1.807, 2.05) is 26.2 Å². The SMILES string of the molecule is CN(C)N=Nc1ccc(N)cc1. The number of hydrogen-bond donors (Lipinski definition) is 1. The lowest BCUT2D eigenvalue weighted by atomic mass is 10.3. The van der Waals surface area contributed by atoms with Gasteiger partial charge in [0.25, 0.3) is 0 Å². The number of nitrogen functional groups attached to an aromatic ring is 1. The van der Waals surface area contributed by atoms with Crippen molar-refractivity contribution in [1.29, 1.82) is 0 Å². The van der Waals surface area contributed by atoms with Gasteiger partial charge in [-0.2, -0.15) is 0 Å². The molecule has 64 valence electrons. The van der Waals surface area contributed by atoms with E-state index < -0.39 is 0 Å². The average molecular weight is 164 g/mol. The molecule has 1 rings (SSSR count). The third-order valence-corrected chi connectivity index (χ3v) is 1.23. The maximum absolute atomic E-state index is 5.50. The summed E-state index contributed by atoms with van der Waals surface area (Å²) in [7, 11) is 3.64. The van der Waals surface area contributed by atoms with E-state index in [0.29, 0.717) is 0 Å². The zero-order valence-corrected chi connectivity index (χ0v) is 7.23. The predicted octanol–water partition coefficient (Wildman–Crippen LogP) is 1.83. The zero-order chi connectivity index (χ0) is 8.97. The van der Waals surface area contributed by atoms with Gasteiger partial charge in [-0.3, -0.25) is 5.01 Å². The van der Waals surface area contributed by atoms with Crippen molar-refractivity contribution in [3.05, 3.63) is 24.3 Å². The fourth-order valence-corrected chi connectivity index (χ4v) is 0.682. The Bertz CT molecular complexity index is 263. The predicted molar refractivity (Wildman–Crippen MR) is 49.1 cm³/mol. The summed E-state index contributed by atoms with van der Waals surface area (Å²) in [6.07, 6.45) is 0. The fraction of sp³-hybridized carbons (Fsp3) is 0.250. The van der Waals surface area contributed by atoms with Crippen molar-refractivity contribution in [1.82, 2.24) is 5.01 Å². The zero-order valence-electron chi connectivity index (χ0n) is 7.23. The molecule has 4 nitrogen and oxygen atoms in total. The Labute approximate surface area is 71.7 Å². The second kappa shape index (κ2) is 3.71. The molecule has 0 atom stereocenters. The molecule has 0 bridgehead atoms. The molecule has 0 unspecified atom stereocenters. The van der Waals surface area contributed by atoms with Crippen molar-refractivity contribution >= 4 is 11.4 Å². The van der Waals surface area contributed by atoms with Gasteiger partial charge in [-0.1, -0.05) is 5.22 Å². The smallest absolute Gasteiger partial charge is 0.0875 e. The molecule has 0 saturated carbocycles. The second-order valence-corrected chi connectivity index (χ2v) is 2.63. The van der Waals surface area contributed by atoms with Gasteiger partial charge < -0.3 is 5.73 Å². The maximum atomic E-state index is 5.50. The Kier molecular flexibility index (Phi) is 2.63. The van der Waals surface area contributed by atoms with Crippen molar-refractivity contribution in [2.45, 2.75) is 0 Å². The lowest BCUT2D eigenvalue weighted by molar-refractivity contribution is 0.408. The topological polar surface area (TPSA) is 54.0 Å². The van der Waals surface area contributed by atoms with Crippen LogP contribution in [0.3, 0.4) is 0 Å². The highest BCUT2D eigenvalue weighted by Crippen LogP contribution is 2.14. The first-order valence-electron chi connectivity index (χ1n) is 3.63. The van der Waals surface area contributed by atoms with Gasteiger partial charge in [0, 0.05) is 19.8 Å². The van der Waals surface area contributed by atoms with Crippen molar-refractivity contribution in [3.63, 3.8) is 0 Å². The minimum absolute atomic E-state index is 0.735. The third-order valence-electron chi connectivity index (χ3n) is 1.23. The number of rotatable bonds is 2. The largest absolute Gasteiger partial charge is 0.399 e. The molecule has 0 saturated heterocycles. The maximum Gasteiger partial charge on any atom is 0.0875 e. The first kappa shape index (κ1) is 8.52. The van der Waals surface area contributed by atoms with Crippen molar-refractivity contribution in [2.24, 2.45) is 10.3 Å². The highest BCUT2D eigenvalue weighted by atomic mass is 15.5. The van der Waals surface area contributed by atoms with Gasteiger partial charge >= 0.3 is 0 Å². The molecular formula is C8H12N4. The van der Waals surface area contributed by atoms with Crippen LogP contribution in [0.4, 0.5) is 11.4 Å². The Morgan fingerprint density at radius 2 is 1.75 bits per heavy atom. The van der Waals surface area contributed by atoms with Gasteiger partial charge in [-0.15, -0.1) is 5.11 Å². The monoisotopic (exact) mass is 164 g/mol. The van der Waals surface area contributed by atoms with Crippen molar-refractivity contribution in [2.75, 3.05) is 19.8 Å². The Morgan fingerprint density at radius 1 is 1.17 bits per heavy atom. The van der Waals surface area contributed by atoms with Crippen LogP contribution < -0.4 is 5.73 Å². The molecule has 0 amide bonds. The summed E-state index contributed by atoms with van der Waals surface area (Å²) < 4.78 is 0. The summed E-state index contributed by atoms with van der Waals surface area (Å²) in [5, 5.41) is 9.42. The van der Waals surface area contributed by atoms with E-state index >= 15 is 0 Å². The lowest BCUT2D eigenvalue weighted by Crippen LogP contribution is -1.98. The number of benzene rings is 1. The van der Waals surface area contributed by atoms with Crippen LogP contribution in [0.1, 0.15) is 0 Å².